The van der Waals surface area contributed by atoms with Gasteiger partial charge >= 0.3 is 5.97 Å². The predicted octanol–water partition coefficient (Wildman–Crippen LogP) is 3.26. The number of anilines is 1. The molecule has 92 valence electrons. The van der Waals surface area contributed by atoms with Crippen LogP contribution in [-0.4, -0.2) is 11.1 Å². The van der Waals surface area contributed by atoms with Crippen LogP contribution >= 0.6 is 11.8 Å². The SMILES string of the molecule is Nc1c(Sc2ccccc2F)cccc1C(=O)O. The molecule has 0 saturated carbocycles. The maximum atomic E-state index is 13.5. The first-order valence-electron chi connectivity index (χ1n) is 5.14. The Morgan fingerprint density at radius 2 is 1.78 bits per heavy atom. The zero-order valence-electron chi connectivity index (χ0n) is 9.26. The molecule has 0 aromatic heterocycles. The maximum Gasteiger partial charge on any atom is 0.337 e. The molecule has 3 N–H and O–H groups in total. The number of rotatable bonds is 3. The summed E-state index contributed by atoms with van der Waals surface area (Å²) in [5.41, 5.74) is 5.93. The van der Waals surface area contributed by atoms with Crippen LogP contribution in [0.3, 0.4) is 0 Å². The average molecular weight is 263 g/mol. The van der Waals surface area contributed by atoms with E-state index in [4.69, 9.17) is 10.8 Å². The van der Waals surface area contributed by atoms with Crippen LogP contribution in [0.2, 0.25) is 0 Å². The van der Waals surface area contributed by atoms with Gasteiger partial charge in [-0.1, -0.05) is 30.0 Å². The molecule has 3 nitrogen and oxygen atoms in total. The Balaban J connectivity index is 2.39. The Bertz CT molecular complexity index is 601. The average Bonchev–Trinajstić information content (AvgIpc) is 2.34. The minimum absolute atomic E-state index is 0.0244. The van der Waals surface area contributed by atoms with E-state index in [0.717, 1.165) is 11.8 Å². The van der Waals surface area contributed by atoms with E-state index in [9.17, 15) is 9.18 Å². The van der Waals surface area contributed by atoms with Gasteiger partial charge in [-0.2, -0.15) is 0 Å². The zero-order valence-corrected chi connectivity index (χ0v) is 10.1. The molecule has 0 aliphatic rings. The molecule has 2 aromatic carbocycles. The smallest absolute Gasteiger partial charge is 0.337 e. The third kappa shape index (κ3) is 2.46. The van der Waals surface area contributed by atoms with E-state index in [1.54, 1.807) is 30.3 Å². The fourth-order valence-corrected chi connectivity index (χ4v) is 2.38. The Morgan fingerprint density at radius 3 is 2.44 bits per heavy atom. The number of halogens is 1. The van der Waals surface area contributed by atoms with Crippen LogP contribution < -0.4 is 5.73 Å². The summed E-state index contributed by atoms with van der Waals surface area (Å²) in [6.07, 6.45) is 0. The van der Waals surface area contributed by atoms with Crippen LogP contribution in [0.1, 0.15) is 10.4 Å². The minimum Gasteiger partial charge on any atom is -0.478 e. The predicted molar refractivity (Wildman–Crippen MR) is 68.3 cm³/mol. The summed E-state index contributed by atoms with van der Waals surface area (Å²) in [6.45, 7) is 0. The van der Waals surface area contributed by atoms with E-state index in [2.05, 4.69) is 0 Å². The van der Waals surface area contributed by atoms with Gasteiger partial charge in [0, 0.05) is 9.79 Å². The van der Waals surface area contributed by atoms with Gasteiger partial charge in [0.05, 0.1) is 11.3 Å². The Hall–Kier alpha value is -2.01. The summed E-state index contributed by atoms with van der Waals surface area (Å²) in [6, 6.07) is 10.9. The van der Waals surface area contributed by atoms with Crippen molar-refractivity contribution in [2.24, 2.45) is 0 Å². The van der Waals surface area contributed by atoms with Crippen molar-refractivity contribution in [3.8, 4) is 0 Å². The lowest BCUT2D eigenvalue weighted by atomic mass is 10.2. The largest absolute Gasteiger partial charge is 0.478 e. The van der Waals surface area contributed by atoms with Gasteiger partial charge < -0.3 is 10.8 Å². The van der Waals surface area contributed by atoms with Crippen molar-refractivity contribution in [3.63, 3.8) is 0 Å². The fourth-order valence-electron chi connectivity index (χ4n) is 1.47. The summed E-state index contributed by atoms with van der Waals surface area (Å²) < 4.78 is 13.5. The van der Waals surface area contributed by atoms with Crippen molar-refractivity contribution in [1.82, 2.24) is 0 Å². The molecule has 0 atom stereocenters. The highest BCUT2D eigenvalue weighted by atomic mass is 32.2. The number of para-hydroxylation sites is 1. The molecule has 0 aliphatic carbocycles. The summed E-state index contributed by atoms with van der Waals surface area (Å²) in [4.78, 5) is 11.9. The zero-order chi connectivity index (χ0) is 13.1. The molecular formula is C13H10FNO2S. The summed E-state index contributed by atoms with van der Waals surface area (Å²) >= 11 is 1.11. The number of hydrogen-bond donors (Lipinski definition) is 2. The molecule has 0 radical (unpaired) electrons. The summed E-state index contributed by atoms with van der Waals surface area (Å²) in [7, 11) is 0. The van der Waals surface area contributed by atoms with E-state index in [-0.39, 0.29) is 17.1 Å². The molecule has 0 bridgehead atoms. The van der Waals surface area contributed by atoms with E-state index in [0.29, 0.717) is 9.79 Å². The quantitative estimate of drug-likeness (QED) is 0.834. The number of nitrogens with two attached hydrogens (primary N) is 1. The normalized spacial score (nSPS) is 10.3. The molecule has 0 fully saturated rings. The first-order chi connectivity index (χ1) is 8.59. The number of nitrogen functional groups attached to an aromatic ring is 1. The van der Waals surface area contributed by atoms with Crippen molar-refractivity contribution in [2.45, 2.75) is 9.79 Å². The fraction of sp³-hybridized carbons (Fsp3) is 0. The second-order valence-electron chi connectivity index (χ2n) is 3.56. The molecule has 0 aliphatic heterocycles. The topological polar surface area (TPSA) is 63.3 Å². The number of hydrogen-bond acceptors (Lipinski definition) is 3. The van der Waals surface area contributed by atoms with Gasteiger partial charge in [0.1, 0.15) is 5.82 Å². The van der Waals surface area contributed by atoms with Gasteiger partial charge in [-0.05, 0) is 24.3 Å². The highest BCUT2D eigenvalue weighted by Crippen LogP contribution is 2.34. The molecule has 2 aromatic rings. The number of carboxylic acid groups (broad SMARTS) is 1. The van der Waals surface area contributed by atoms with Crippen molar-refractivity contribution in [3.05, 3.63) is 53.8 Å². The van der Waals surface area contributed by atoms with Crippen molar-refractivity contribution < 1.29 is 14.3 Å². The van der Waals surface area contributed by atoms with E-state index in [1.807, 2.05) is 0 Å². The van der Waals surface area contributed by atoms with Gasteiger partial charge in [0.2, 0.25) is 0 Å². The van der Waals surface area contributed by atoms with Gasteiger partial charge in [0.25, 0.3) is 0 Å². The summed E-state index contributed by atoms with van der Waals surface area (Å²) in [5, 5.41) is 8.95. The Labute approximate surface area is 107 Å². The number of carboxylic acids is 1. The van der Waals surface area contributed by atoms with Crippen LogP contribution in [-0.2, 0) is 0 Å². The van der Waals surface area contributed by atoms with Gasteiger partial charge in [-0.25, -0.2) is 9.18 Å². The van der Waals surface area contributed by atoms with Crippen molar-refractivity contribution >= 4 is 23.4 Å². The van der Waals surface area contributed by atoms with Crippen LogP contribution in [0, 0.1) is 5.82 Å². The molecule has 0 unspecified atom stereocenters. The maximum absolute atomic E-state index is 13.5. The third-order valence-electron chi connectivity index (χ3n) is 2.35. The molecule has 0 heterocycles. The van der Waals surface area contributed by atoms with Gasteiger partial charge in [-0.15, -0.1) is 0 Å². The third-order valence-corrected chi connectivity index (χ3v) is 3.48. The molecule has 0 saturated heterocycles. The van der Waals surface area contributed by atoms with Gasteiger partial charge in [-0.3, -0.25) is 0 Å². The monoisotopic (exact) mass is 263 g/mol. The standard InChI is InChI=1S/C13H10FNO2S/c14-9-5-1-2-6-10(9)18-11-7-3-4-8(12(11)15)13(16)17/h1-7H,15H2,(H,16,17). The van der Waals surface area contributed by atoms with E-state index >= 15 is 0 Å². The second kappa shape index (κ2) is 5.10. The first kappa shape index (κ1) is 12.4. The van der Waals surface area contributed by atoms with E-state index in [1.165, 1.54) is 12.1 Å². The lowest BCUT2D eigenvalue weighted by Crippen LogP contribution is -2.03. The van der Waals surface area contributed by atoms with Crippen molar-refractivity contribution in [1.29, 1.82) is 0 Å². The molecular weight excluding hydrogens is 253 g/mol. The highest BCUT2D eigenvalue weighted by Gasteiger charge is 2.13. The van der Waals surface area contributed by atoms with E-state index < -0.39 is 5.97 Å². The molecule has 18 heavy (non-hydrogen) atoms. The second-order valence-corrected chi connectivity index (χ2v) is 4.64. The molecule has 2 rings (SSSR count). The lowest BCUT2D eigenvalue weighted by molar-refractivity contribution is 0.0698. The molecule has 0 amide bonds. The number of aromatic carboxylic acids is 1. The molecule has 0 spiro atoms. The lowest BCUT2D eigenvalue weighted by Gasteiger charge is -2.08. The number of benzene rings is 2. The Morgan fingerprint density at radius 1 is 1.11 bits per heavy atom. The summed E-state index contributed by atoms with van der Waals surface area (Å²) in [5.74, 6) is -1.45. The minimum atomic E-state index is -1.09. The first-order valence-corrected chi connectivity index (χ1v) is 5.95. The van der Waals surface area contributed by atoms with Crippen molar-refractivity contribution in [2.75, 3.05) is 5.73 Å². The van der Waals surface area contributed by atoms with Crippen LogP contribution in [0.25, 0.3) is 0 Å². The van der Waals surface area contributed by atoms with Crippen LogP contribution in [0.4, 0.5) is 10.1 Å². The number of carbonyl (C=O) groups is 1. The molecule has 5 heteroatoms. The Kier molecular flexibility index (Phi) is 3.53. The van der Waals surface area contributed by atoms with Gasteiger partial charge in [0.15, 0.2) is 0 Å². The highest BCUT2D eigenvalue weighted by molar-refractivity contribution is 7.99. The van der Waals surface area contributed by atoms with Crippen LogP contribution in [0.5, 0.6) is 0 Å². The van der Waals surface area contributed by atoms with Crippen LogP contribution in [0.15, 0.2) is 52.3 Å².